The summed E-state index contributed by atoms with van der Waals surface area (Å²) in [7, 11) is 0. The molecule has 5 rings (SSSR count). The number of fused-ring (bicyclic) bond motifs is 1. The number of hydrogen-bond donors (Lipinski definition) is 2. The lowest BCUT2D eigenvalue weighted by Crippen LogP contribution is -2.44. The zero-order valence-electron chi connectivity index (χ0n) is 17.2. The third-order valence-electron chi connectivity index (χ3n) is 5.79. The minimum Gasteiger partial charge on any atom is -0.444 e. The van der Waals surface area contributed by atoms with Gasteiger partial charge in [0.25, 0.3) is 0 Å². The molecule has 2 unspecified atom stereocenters. The van der Waals surface area contributed by atoms with Gasteiger partial charge < -0.3 is 19.6 Å². The molecular weight excluding hydrogens is 374 g/mol. The van der Waals surface area contributed by atoms with E-state index in [0.717, 1.165) is 48.5 Å². The molecule has 6 nitrogen and oxygen atoms in total. The molecule has 6 heteroatoms. The van der Waals surface area contributed by atoms with Crippen LogP contribution in [0.4, 0.5) is 5.95 Å². The lowest BCUT2D eigenvalue weighted by molar-refractivity contribution is 0.372. The van der Waals surface area contributed by atoms with Crippen LogP contribution in [0.2, 0.25) is 0 Å². The number of para-hydroxylation sites is 2. The number of rotatable bonds is 6. The van der Waals surface area contributed by atoms with Crippen LogP contribution in [0.3, 0.4) is 0 Å². The summed E-state index contributed by atoms with van der Waals surface area (Å²) < 4.78 is 7.93. The second-order valence-electron chi connectivity index (χ2n) is 8.06. The van der Waals surface area contributed by atoms with Crippen molar-refractivity contribution in [2.45, 2.75) is 44.8 Å². The first kappa shape index (κ1) is 18.9. The maximum Gasteiger partial charge on any atom is 0.204 e. The second kappa shape index (κ2) is 8.32. The molecule has 0 amide bonds. The Hall–Kier alpha value is -3.12. The molecule has 2 atom stereocenters. The van der Waals surface area contributed by atoms with Gasteiger partial charge in [-0.15, -0.1) is 0 Å². The molecule has 0 saturated carbocycles. The van der Waals surface area contributed by atoms with Crippen LogP contribution in [-0.4, -0.2) is 33.2 Å². The molecule has 2 aromatic heterocycles. The number of hydrogen-bond acceptors (Lipinski definition) is 5. The average molecular weight is 402 g/mol. The van der Waals surface area contributed by atoms with E-state index in [1.54, 1.807) is 6.20 Å². The van der Waals surface area contributed by atoms with Crippen molar-refractivity contribution in [2.24, 2.45) is 0 Å². The van der Waals surface area contributed by atoms with E-state index >= 15 is 0 Å². The van der Waals surface area contributed by atoms with E-state index in [1.165, 1.54) is 5.56 Å². The van der Waals surface area contributed by atoms with Gasteiger partial charge in [-0.25, -0.2) is 9.97 Å². The van der Waals surface area contributed by atoms with E-state index in [0.29, 0.717) is 24.5 Å². The molecule has 2 aromatic carbocycles. The van der Waals surface area contributed by atoms with Crippen molar-refractivity contribution in [1.29, 1.82) is 0 Å². The quantitative estimate of drug-likeness (QED) is 0.508. The van der Waals surface area contributed by atoms with Crippen LogP contribution >= 0.6 is 0 Å². The van der Waals surface area contributed by atoms with Gasteiger partial charge in [0.05, 0.1) is 23.8 Å². The van der Waals surface area contributed by atoms with E-state index in [9.17, 15) is 0 Å². The Kier molecular flexibility index (Phi) is 5.24. The van der Waals surface area contributed by atoms with Crippen LogP contribution in [0.5, 0.6) is 0 Å². The summed E-state index contributed by atoms with van der Waals surface area (Å²) in [5.74, 6) is 2.42. The second-order valence-corrected chi connectivity index (χ2v) is 8.06. The van der Waals surface area contributed by atoms with E-state index < -0.39 is 0 Å². The summed E-state index contributed by atoms with van der Waals surface area (Å²) >= 11 is 0. The van der Waals surface area contributed by atoms with Crippen LogP contribution < -0.4 is 10.6 Å². The largest absolute Gasteiger partial charge is 0.444 e. The van der Waals surface area contributed by atoms with Gasteiger partial charge in [-0.1, -0.05) is 42.5 Å². The minimum absolute atomic E-state index is 0.381. The van der Waals surface area contributed by atoms with Crippen LogP contribution in [0.15, 0.2) is 65.2 Å². The first-order valence-corrected chi connectivity index (χ1v) is 10.6. The zero-order chi connectivity index (χ0) is 20.3. The van der Waals surface area contributed by atoms with Crippen molar-refractivity contribution in [3.8, 4) is 0 Å². The number of aryl methyl sites for hydroxylation is 1. The Morgan fingerprint density at radius 1 is 1.13 bits per heavy atom. The molecule has 4 aromatic rings. The predicted octanol–water partition coefficient (Wildman–Crippen LogP) is 4.16. The summed E-state index contributed by atoms with van der Waals surface area (Å²) in [4.78, 5) is 9.13. The number of nitrogens with one attached hydrogen (secondary N) is 2. The number of benzene rings is 2. The minimum atomic E-state index is 0.381. The summed E-state index contributed by atoms with van der Waals surface area (Å²) in [6.07, 6.45) is 5.00. The van der Waals surface area contributed by atoms with Crippen molar-refractivity contribution in [3.63, 3.8) is 0 Å². The van der Waals surface area contributed by atoms with Crippen LogP contribution in [0.25, 0.3) is 11.0 Å². The number of oxazole rings is 1. The lowest BCUT2D eigenvalue weighted by Gasteiger charge is -2.31. The van der Waals surface area contributed by atoms with Crippen molar-refractivity contribution >= 4 is 17.0 Å². The zero-order valence-corrected chi connectivity index (χ0v) is 17.2. The van der Waals surface area contributed by atoms with Gasteiger partial charge in [-0.05, 0) is 43.5 Å². The molecule has 0 radical (unpaired) electrons. The Labute approximate surface area is 176 Å². The molecular formula is C24H27N5O. The molecule has 0 aliphatic carbocycles. The fraction of sp³-hybridized carbons (Fsp3) is 0.333. The van der Waals surface area contributed by atoms with E-state index in [-0.39, 0.29) is 0 Å². The third kappa shape index (κ3) is 4.09. The molecule has 2 N–H and O–H groups in total. The number of aromatic nitrogens is 3. The number of nitrogens with zero attached hydrogens (tertiary/aromatic N) is 3. The molecule has 1 fully saturated rings. The van der Waals surface area contributed by atoms with Gasteiger partial charge in [0.2, 0.25) is 5.95 Å². The molecule has 0 bridgehead atoms. The highest BCUT2D eigenvalue weighted by atomic mass is 16.4. The number of piperidine rings is 1. The smallest absolute Gasteiger partial charge is 0.204 e. The highest BCUT2D eigenvalue weighted by Gasteiger charge is 2.23. The summed E-state index contributed by atoms with van der Waals surface area (Å²) in [5, 5.41) is 7.41. The fourth-order valence-corrected chi connectivity index (χ4v) is 4.35. The van der Waals surface area contributed by atoms with E-state index in [4.69, 9.17) is 9.40 Å². The maximum atomic E-state index is 5.74. The van der Waals surface area contributed by atoms with Gasteiger partial charge in [0.15, 0.2) is 5.89 Å². The molecule has 3 heterocycles. The predicted molar refractivity (Wildman–Crippen MR) is 119 cm³/mol. The summed E-state index contributed by atoms with van der Waals surface area (Å²) in [6.45, 7) is 3.50. The van der Waals surface area contributed by atoms with Gasteiger partial charge in [0.1, 0.15) is 5.76 Å². The highest BCUT2D eigenvalue weighted by Crippen LogP contribution is 2.24. The third-order valence-corrected chi connectivity index (χ3v) is 5.79. The normalized spacial score (nSPS) is 19.2. The van der Waals surface area contributed by atoms with Crippen molar-refractivity contribution < 1.29 is 4.42 Å². The monoisotopic (exact) mass is 401 g/mol. The van der Waals surface area contributed by atoms with Gasteiger partial charge in [-0.3, -0.25) is 0 Å². The van der Waals surface area contributed by atoms with Crippen molar-refractivity contribution in [2.75, 3.05) is 11.9 Å². The molecule has 1 aliphatic rings. The molecule has 0 spiro atoms. The SMILES string of the molecule is Cc1ncc(Cn2c(NC3CCNC(Cc4ccccc4)C3)nc3ccccc32)o1. The number of imidazole rings is 1. The summed E-state index contributed by atoms with van der Waals surface area (Å²) in [6, 6.07) is 19.8. The van der Waals surface area contributed by atoms with Crippen LogP contribution in [0, 0.1) is 6.92 Å². The topological polar surface area (TPSA) is 67.9 Å². The molecule has 1 aliphatic heterocycles. The Balaban J connectivity index is 1.36. The van der Waals surface area contributed by atoms with Crippen molar-refractivity contribution in [3.05, 3.63) is 78.0 Å². The lowest BCUT2D eigenvalue weighted by atomic mass is 9.94. The Morgan fingerprint density at radius 3 is 2.80 bits per heavy atom. The Bertz CT molecular complexity index is 1120. The fourth-order valence-electron chi connectivity index (χ4n) is 4.35. The first-order valence-electron chi connectivity index (χ1n) is 10.6. The number of anilines is 1. The van der Waals surface area contributed by atoms with Gasteiger partial charge in [-0.2, -0.15) is 0 Å². The van der Waals surface area contributed by atoms with Crippen LogP contribution in [0.1, 0.15) is 30.1 Å². The molecule has 30 heavy (non-hydrogen) atoms. The van der Waals surface area contributed by atoms with E-state index in [2.05, 4.69) is 68.7 Å². The molecule has 1 saturated heterocycles. The maximum absolute atomic E-state index is 5.74. The van der Waals surface area contributed by atoms with Gasteiger partial charge >= 0.3 is 0 Å². The van der Waals surface area contributed by atoms with E-state index in [1.807, 2.05) is 13.0 Å². The standard InChI is InChI=1S/C24H27N5O/c1-17-26-15-21(30-17)16-29-23-10-6-5-9-22(23)28-24(29)27-19-11-12-25-20(14-19)13-18-7-3-2-4-8-18/h2-10,15,19-20,25H,11-14,16H2,1H3,(H,27,28). The van der Waals surface area contributed by atoms with Gasteiger partial charge in [0, 0.05) is 19.0 Å². The van der Waals surface area contributed by atoms with Crippen molar-refractivity contribution in [1.82, 2.24) is 19.9 Å². The highest BCUT2D eigenvalue weighted by molar-refractivity contribution is 5.78. The van der Waals surface area contributed by atoms with Crippen LogP contribution in [-0.2, 0) is 13.0 Å². The Morgan fingerprint density at radius 2 is 1.97 bits per heavy atom. The first-order chi connectivity index (χ1) is 14.7. The summed E-state index contributed by atoms with van der Waals surface area (Å²) in [5.41, 5.74) is 3.47. The average Bonchev–Trinajstić information content (AvgIpc) is 3.33. The molecule has 154 valence electrons.